The summed E-state index contributed by atoms with van der Waals surface area (Å²) in [5.41, 5.74) is 1.52. The van der Waals surface area contributed by atoms with E-state index in [4.69, 9.17) is 4.74 Å². The van der Waals surface area contributed by atoms with Crippen LogP contribution >= 0.6 is 23.1 Å². The molecule has 0 radical (unpaired) electrons. The Balaban J connectivity index is 1.79. The fourth-order valence-corrected chi connectivity index (χ4v) is 5.13. The first-order valence-electron chi connectivity index (χ1n) is 8.26. The Morgan fingerprint density at radius 1 is 1.38 bits per heavy atom. The van der Waals surface area contributed by atoms with E-state index in [0.717, 1.165) is 20.6 Å². The summed E-state index contributed by atoms with van der Waals surface area (Å²) in [6.07, 6.45) is 2.66. The predicted octanol–water partition coefficient (Wildman–Crippen LogP) is 3.93. The lowest BCUT2D eigenvalue weighted by molar-refractivity contribution is -0.0379. The molecular formula is C19H17N3O2S2. The minimum atomic E-state index is -0.314. The van der Waals surface area contributed by atoms with Crippen LogP contribution in [0.2, 0.25) is 0 Å². The van der Waals surface area contributed by atoms with E-state index in [9.17, 15) is 10.1 Å². The maximum Gasteiger partial charge on any atom is 0.276 e. The SMILES string of the molecule is CC1(C)Cc2c(sc3nc(SCc4ccccc4)n(C#N)c(=O)c23)CO1. The van der Waals surface area contributed by atoms with Gasteiger partial charge in [0.1, 0.15) is 4.83 Å². The van der Waals surface area contributed by atoms with Gasteiger partial charge in [-0.05, 0) is 25.0 Å². The monoisotopic (exact) mass is 383 g/mol. The van der Waals surface area contributed by atoms with Gasteiger partial charge in [0.25, 0.3) is 5.56 Å². The highest BCUT2D eigenvalue weighted by Gasteiger charge is 2.31. The quantitative estimate of drug-likeness (QED) is 0.506. The van der Waals surface area contributed by atoms with Gasteiger partial charge >= 0.3 is 0 Å². The van der Waals surface area contributed by atoms with Crippen molar-refractivity contribution in [3.05, 3.63) is 56.7 Å². The molecule has 0 aliphatic carbocycles. The molecule has 2 aromatic heterocycles. The standard InChI is InChI=1S/C19H17N3O2S2/c1-19(2)8-13-14(9-24-19)26-16-15(13)17(23)22(11-20)18(21-16)25-10-12-6-4-3-5-7-12/h3-7H,8-10H2,1-2H3. The first kappa shape index (κ1) is 17.3. The lowest BCUT2D eigenvalue weighted by Crippen LogP contribution is -2.32. The molecule has 0 N–H and O–H groups in total. The number of thiophene rings is 1. The van der Waals surface area contributed by atoms with Gasteiger partial charge in [-0.15, -0.1) is 11.3 Å². The van der Waals surface area contributed by atoms with Crippen molar-refractivity contribution in [2.75, 3.05) is 0 Å². The van der Waals surface area contributed by atoms with Gasteiger partial charge in [0.15, 0.2) is 11.3 Å². The Morgan fingerprint density at radius 3 is 2.88 bits per heavy atom. The number of aromatic nitrogens is 2. The molecule has 0 spiro atoms. The molecule has 0 saturated carbocycles. The number of nitriles is 1. The molecule has 132 valence electrons. The third-order valence-electron chi connectivity index (χ3n) is 4.38. The van der Waals surface area contributed by atoms with Crippen molar-refractivity contribution in [1.82, 2.24) is 9.55 Å². The van der Waals surface area contributed by atoms with E-state index >= 15 is 0 Å². The normalized spacial score (nSPS) is 15.6. The molecule has 0 saturated heterocycles. The number of benzene rings is 1. The molecule has 0 bridgehead atoms. The number of hydrogen-bond acceptors (Lipinski definition) is 6. The Labute approximate surface area is 159 Å². The van der Waals surface area contributed by atoms with Gasteiger partial charge in [0.05, 0.1) is 17.6 Å². The lowest BCUT2D eigenvalue weighted by Gasteiger charge is -2.29. The summed E-state index contributed by atoms with van der Waals surface area (Å²) >= 11 is 2.90. The van der Waals surface area contributed by atoms with Gasteiger partial charge in [-0.25, -0.2) is 4.98 Å². The predicted molar refractivity (Wildman–Crippen MR) is 103 cm³/mol. The Hall–Kier alpha value is -2.14. The molecule has 7 heteroatoms. The molecule has 0 atom stereocenters. The van der Waals surface area contributed by atoms with Crippen LogP contribution < -0.4 is 5.56 Å². The Morgan fingerprint density at radius 2 is 2.15 bits per heavy atom. The number of nitrogens with zero attached hydrogens (tertiary/aromatic N) is 3. The van der Waals surface area contributed by atoms with E-state index in [1.165, 1.54) is 23.1 Å². The number of fused-ring (bicyclic) bond motifs is 3. The van der Waals surface area contributed by atoms with Crippen molar-refractivity contribution in [2.45, 2.75) is 43.4 Å². The minimum Gasteiger partial charge on any atom is -0.370 e. The second-order valence-corrected chi connectivity index (χ2v) is 8.84. The van der Waals surface area contributed by atoms with Gasteiger partial charge in [0, 0.05) is 17.1 Å². The van der Waals surface area contributed by atoms with Gasteiger partial charge in [-0.2, -0.15) is 9.83 Å². The van der Waals surface area contributed by atoms with Crippen LogP contribution in [-0.4, -0.2) is 15.2 Å². The van der Waals surface area contributed by atoms with Crippen molar-refractivity contribution >= 4 is 33.3 Å². The molecule has 1 aliphatic heterocycles. The minimum absolute atomic E-state index is 0.275. The molecule has 1 aromatic carbocycles. The second kappa shape index (κ2) is 6.54. The highest BCUT2D eigenvalue weighted by atomic mass is 32.2. The summed E-state index contributed by atoms with van der Waals surface area (Å²) in [4.78, 5) is 19.4. The number of rotatable bonds is 3. The van der Waals surface area contributed by atoms with E-state index in [-0.39, 0.29) is 11.2 Å². The summed E-state index contributed by atoms with van der Waals surface area (Å²) in [7, 11) is 0. The van der Waals surface area contributed by atoms with E-state index in [0.29, 0.717) is 34.2 Å². The summed E-state index contributed by atoms with van der Waals surface area (Å²) in [6, 6.07) is 9.94. The van der Waals surface area contributed by atoms with Crippen LogP contribution in [0.25, 0.3) is 10.2 Å². The smallest absolute Gasteiger partial charge is 0.276 e. The summed E-state index contributed by atoms with van der Waals surface area (Å²) in [6.45, 7) is 4.52. The molecule has 26 heavy (non-hydrogen) atoms. The van der Waals surface area contributed by atoms with Crippen LogP contribution in [0, 0.1) is 11.5 Å². The number of hydrogen-bond donors (Lipinski definition) is 0. The van der Waals surface area contributed by atoms with Crippen molar-refractivity contribution in [3.8, 4) is 6.19 Å². The van der Waals surface area contributed by atoms with Gasteiger partial charge < -0.3 is 4.74 Å². The summed E-state index contributed by atoms with van der Waals surface area (Å²) in [5.74, 6) is 0.654. The van der Waals surface area contributed by atoms with Crippen molar-refractivity contribution in [2.24, 2.45) is 0 Å². The summed E-state index contributed by atoms with van der Waals surface area (Å²) in [5, 5.41) is 10.6. The Bertz CT molecular complexity index is 1080. The first-order valence-corrected chi connectivity index (χ1v) is 10.1. The fourth-order valence-electron chi connectivity index (χ4n) is 3.08. The van der Waals surface area contributed by atoms with Crippen LogP contribution in [0.5, 0.6) is 0 Å². The number of ether oxygens (including phenoxy) is 1. The van der Waals surface area contributed by atoms with Gasteiger partial charge in [-0.3, -0.25) is 4.79 Å². The average Bonchev–Trinajstić information content (AvgIpc) is 2.97. The van der Waals surface area contributed by atoms with Crippen molar-refractivity contribution in [3.63, 3.8) is 0 Å². The molecule has 3 heterocycles. The lowest BCUT2D eigenvalue weighted by atomic mass is 9.94. The largest absolute Gasteiger partial charge is 0.370 e. The molecule has 0 fully saturated rings. The summed E-state index contributed by atoms with van der Waals surface area (Å²) < 4.78 is 6.97. The van der Waals surface area contributed by atoms with Crippen LogP contribution in [0.15, 0.2) is 40.3 Å². The maximum atomic E-state index is 13.0. The molecular weight excluding hydrogens is 366 g/mol. The van der Waals surface area contributed by atoms with Gasteiger partial charge in [-0.1, -0.05) is 42.1 Å². The van der Waals surface area contributed by atoms with E-state index in [2.05, 4.69) is 4.98 Å². The molecule has 0 unspecified atom stereocenters. The van der Waals surface area contributed by atoms with E-state index in [1.54, 1.807) is 0 Å². The van der Waals surface area contributed by atoms with Crippen molar-refractivity contribution in [1.29, 1.82) is 5.26 Å². The van der Waals surface area contributed by atoms with Gasteiger partial charge in [0.2, 0.25) is 0 Å². The molecule has 3 aromatic rings. The zero-order valence-corrected chi connectivity index (χ0v) is 16.1. The first-order chi connectivity index (χ1) is 12.5. The molecule has 1 aliphatic rings. The number of thioether (sulfide) groups is 1. The molecule has 4 rings (SSSR count). The van der Waals surface area contributed by atoms with Crippen LogP contribution in [-0.2, 0) is 23.5 Å². The zero-order chi connectivity index (χ0) is 18.3. The Kier molecular flexibility index (Phi) is 4.35. The molecule has 5 nitrogen and oxygen atoms in total. The highest BCUT2D eigenvalue weighted by Crippen LogP contribution is 2.37. The van der Waals surface area contributed by atoms with Crippen molar-refractivity contribution < 1.29 is 4.74 Å². The van der Waals surface area contributed by atoms with Crippen LogP contribution in [0.3, 0.4) is 0 Å². The van der Waals surface area contributed by atoms with E-state index in [1.807, 2.05) is 50.4 Å². The third-order valence-corrected chi connectivity index (χ3v) is 6.49. The van der Waals surface area contributed by atoms with Crippen LogP contribution in [0.1, 0.15) is 29.9 Å². The molecule has 0 amide bonds. The third kappa shape index (κ3) is 3.05. The average molecular weight is 383 g/mol. The van der Waals surface area contributed by atoms with E-state index < -0.39 is 0 Å². The van der Waals surface area contributed by atoms with Crippen LogP contribution in [0.4, 0.5) is 0 Å². The highest BCUT2D eigenvalue weighted by molar-refractivity contribution is 7.98. The second-order valence-electron chi connectivity index (χ2n) is 6.82. The zero-order valence-electron chi connectivity index (χ0n) is 14.5. The fraction of sp³-hybridized carbons (Fsp3) is 0.316. The topological polar surface area (TPSA) is 67.9 Å². The maximum absolute atomic E-state index is 13.0.